The van der Waals surface area contributed by atoms with E-state index in [1.54, 1.807) is 0 Å². The third-order valence-corrected chi connectivity index (χ3v) is 4.89. The Labute approximate surface area is 130 Å². The molecular weight excluding hydrogens is 284 g/mol. The van der Waals surface area contributed by atoms with Crippen LogP contribution in [0.25, 0.3) is 0 Å². The van der Waals surface area contributed by atoms with Crippen LogP contribution in [0.1, 0.15) is 33.0 Å². The summed E-state index contributed by atoms with van der Waals surface area (Å²) in [4.78, 5) is 18.3. The van der Waals surface area contributed by atoms with Gasteiger partial charge >= 0.3 is 0 Å². The molecule has 2 rings (SSSR count). The molecule has 1 unspecified atom stereocenters. The van der Waals surface area contributed by atoms with Crippen LogP contribution in [0.15, 0.2) is 6.07 Å². The van der Waals surface area contributed by atoms with Crippen molar-refractivity contribution in [2.75, 3.05) is 33.8 Å². The Bertz CT molecular complexity index is 569. The topological polar surface area (TPSA) is 43.8 Å². The molecule has 1 aliphatic heterocycles. The number of carbonyl (C=O) groups is 1. The molecular formula is C16H22N2O2S. The summed E-state index contributed by atoms with van der Waals surface area (Å²) in [6, 6.07) is 2.39. The maximum Gasteiger partial charge on any atom is 0.264 e. The summed E-state index contributed by atoms with van der Waals surface area (Å²) in [5, 5.41) is 8.76. The van der Waals surface area contributed by atoms with Crippen LogP contribution in [-0.4, -0.2) is 60.6 Å². The first kappa shape index (κ1) is 16.0. The fraction of sp³-hybridized carbons (Fsp3) is 0.562. The van der Waals surface area contributed by atoms with Crippen LogP contribution in [0.3, 0.4) is 0 Å². The van der Waals surface area contributed by atoms with E-state index in [-0.39, 0.29) is 12.5 Å². The molecule has 1 aromatic heterocycles. The lowest BCUT2D eigenvalue weighted by Crippen LogP contribution is -2.34. The van der Waals surface area contributed by atoms with Gasteiger partial charge in [-0.2, -0.15) is 0 Å². The minimum atomic E-state index is 0.0723. The van der Waals surface area contributed by atoms with E-state index < -0.39 is 0 Å². The van der Waals surface area contributed by atoms with Crippen LogP contribution in [0, 0.1) is 18.8 Å². The first-order valence-electron chi connectivity index (χ1n) is 7.18. The monoisotopic (exact) mass is 306 g/mol. The fourth-order valence-electron chi connectivity index (χ4n) is 2.41. The minimum absolute atomic E-state index is 0.0723. The van der Waals surface area contributed by atoms with Gasteiger partial charge in [0.05, 0.1) is 16.4 Å². The zero-order valence-electron chi connectivity index (χ0n) is 12.8. The molecule has 1 N–H and O–H groups in total. The lowest BCUT2D eigenvalue weighted by Gasteiger charge is -2.19. The van der Waals surface area contributed by atoms with Crippen LogP contribution in [0.5, 0.6) is 0 Å². The van der Waals surface area contributed by atoms with E-state index in [1.807, 2.05) is 17.9 Å². The smallest absolute Gasteiger partial charge is 0.264 e. The number of aliphatic hydroxyl groups is 1. The summed E-state index contributed by atoms with van der Waals surface area (Å²) in [5.41, 5.74) is 1.04. The van der Waals surface area contributed by atoms with Gasteiger partial charge in [-0.3, -0.25) is 4.79 Å². The second-order valence-corrected chi connectivity index (χ2v) is 6.61. The standard InChI is InChI=1S/C16H22N2O2S/c1-12-10-15(21-14(12)6-4-5-9-19)16(20)18-8-7-13(11-18)17(2)3/h10,13,19H,5,7-9,11H2,1-3H3. The predicted molar refractivity (Wildman–Crippen MR) is 85.6 cm³/mol. The molecule has 1 amide bonds. The first-order chi connectivity index (χ1) is 10.0. The van der Waals surface area contributed by atoms with Crippen LogP contribution < -0.4 is 0 Å². The molecule has 4 nitrogen and oxygen atoms in total. The summed E-state index contributed by atoms with van der Waals surface area (Å²) in [7, 11) is 4.12. The van der Waals surface area contributed by atoms with E-state index in [4.69, 9.17) is 5.11 Å². The Morgan fingerprint density at radius 3 is 2.95 bits per heavy atom. The third kappa shape index (κ3) is 3.85. The van der Waals surface area contributed by atoms with Gasteiger partial charge in [0.25, 0.3) is 5.91 Å². The van der Waals surface area contributed by atoms with Gasteiger partial charge in [-0.25, -0.2) is 0 Å². The van der Waals surface area contributed by atoms with E-state index in [1.165, 1.54) is 11.3 Å². The van der Waals surface area contributed by atoms with Crippen molar-refractivity contribution in [1.82, 2.24) is 9.80 Å². The van der Waals surface area contributed by atoms with E-state index in [2.05, 4.69) is 30.8 Å². The number of likely N-dealkylation sites (tertiary alicyclic amines) is 1. The highest BCUT2D eigenvalue weighted by Crippen LogP contribution is 2.24. The highest BCUT2D eigenvalue weighted by Gasteiger charge is 2.28. The van der Waals surface area contributed by atoms with Gasteiger partial charge in [0.15, 0.2) is 0 Å². The van der Waals surface area contributed by atoms with Crippen LogP contribution >= 0.6 is 11.3 Å². The average molecular weight is 306 g/mol. The Hall–Kier alpha value is -1.35. The Morgan fingerprint density at radius 1 is 1.57 bits per heavy atom. The summed E-state index contributed by atoms with van der Waals surface area (Å²) >= 11 is 1.45. The van der Waals surface area contributed by atoms with Crippen molar-refractivity contribution in [1.29, 1.82) is 0 Å². The molecule has 1 fully saturated rings. The maximum atomic E-state index is 12.5. The molecule has 0 radical (unpaired) electrons. The van der Waals surface area contributed by atoms with Gasteiger partial charge in [0.2, 0.25) is 0 Å². The summed E-state index contributed by atoms with van der Waals surface area (Å²) in [5.74, 6) is 6.06. The predicted octanol–water partition coefficient (Wildman–Crippen LogP) is 1.57. The average Bonchev–Trinajstić information content (AvgIpc) is 3.06. The van der Waals surface area contributed by atoms with Crippen LogP contribution in [0.2, 0.25) is 0 Å². The molecule has 0 bridgehead atoms. The molecule has 0 aliphatic carbocycles. The molecule has 114 valence electrons. The van der Waals surface area contributed by atoms with E-state index in [9.17, 15) is 4.79 Å². The summed E-state index contributed by atoms with van der Waals surface area (Å²) in [6.07, 6.45) is 1.50. The quantitative estimate of drug-likeness (QED) is 0.862. The molecule has 0 saturated carbocycles. The number of nitrogens with zero attached hydrogens (tertiary/aromatic N) is 2. The summed E-state index contributed by atoms with van der Waals surface area (Å²) in [6.45, 7) is 3.67. The molecule has 1 saturated heterocycles. The Kier molecular flexibility index (Phi) is 5.40. The SMILES string of the molecule is Cc1cc(C(=O)N2CCC(N(C)C)C2)sc1C#CCCO. The number of amides is 1. The number of aliphatic hydroxyl groups excluding tert-OH is 1. The molecule has 21 heavy (non-hydrogen) atoms. The van der Waals surface area contributed by atoms with Crippen molar-refractivity contribution >= 4 is 17.2 Å². The number of carbonyl (C=O) groups excluding carboxylic acids is 1. The lowest BCUT2D eigenvalue weighted by atomic mass is 10.2. The van der Waals surface area contributed by atoms with Gasteiger partial charge in [-0.05, 0) is 39.1 Å². The van der Waals surface area contributed by atoms with Crippen molar-refractivity contribution in [3.05, 3.63) is 21.4 Å². The first-order valence-corrected chi connectivity index (χ1v) is 8.00. The van der Waals surface area contributed by atoms with Gasteiger partial charge in [-0.15, -0.1) is 11.3 Å². The Balaban J connectivity index is 2.07. The molecule has 0 spiro atoms. The number of rotatable bonds is 3. The molecule has 1 aliphatic rings. The van der Waals surface area contributed by atoms with Crippen molar-refractivity contribution in [3.8, 4) is 11.8 Å². The number of thiophene rings is 1. The number of likely N-dealkylation sites (N-methyl/N-ethyl adjacent to an activating group) is 1. The van der Waals surface area contributed by atoms with Crippen molar-refractivity contribution < 1.29 is 9.90 Å². The second kappa shape index (κ2) is 7.08. The van der Waals surface area contributed by atoms with Gasteiger partial charge in [0, 0.05) is 25.6 Å². The largest absolute Gasteiger partial charge is 0.395 e. The molecule has 1 atom stereocenters. The number of aryl methyl sites for hydroxylation is 1. The molecule has 1 aromatic rings. The second-order valence-electron chi connectivity index (χ2n) is 5.56. The van der Waals surface area contributed by atoms with Gasteiger partial charge in [-0.1, -0.05) is 11.8 Å². The zero-order valence-corrected chi connectivity index (χ0v) is 13.7. The summed E-state index contributed by atoms with van der Waals surface area (Å²) < 4.78 is 0. The van der Waals surface area contributed by atoms with Crippen molar-refractivity contribution in [2.24, 2.45) is 0 Å². The van der Waals surface area contributed by atoms with Gasteiger partial charge in [0.1, 0.15) is 0 Å². The third-order valence-electron chi connectivity index (χ3n) is 3.75. The van der Waals surface area contributed by atoms with Crippen LogP contribution in [-0.2, 0) is 0 Å². The van der Waals surface area contributed by atoms with E-state index in [0.717, 1.165) is 34.8 Å². The van der Waals surface area contributed by atoms with E-state index >= 15 is 0 Å². The lowest BCUT2D eigenvalue weighted by molar-refractivity contribution is 0.0788. The highest BCUT2D eigenvalue weighted by molar-refractivity contribution is 7.14. The fourth-order valence-corrected chi connectivity index (χ4v) is 3.43. The van der Waals surface area contributed by atoms with Crippen LogP contribution in [0.4, 0.5) is 0 Å². The molecule has 5 heteroatoms. The number of hydrogen-bond acceptors (Lipinski definition) is 4. The van der Waals surface area contributed by atoms with Crippen molar-refractivity contribution in [3.63, 3.8) is 0 Å². The molecule has 0 aromatic carbocycles. The normalized spacial score (nSPS) is 18.0. The maximum absolute atomic E-state index is 12.5. The van der Waals surface area contributed by atoms with E-state index in [0.29, 0.717) is 12.5 Å². The van der Waals surface area contributed by atoms with Gasteiger partial charge < -0.3 is 14.9 Å². The molecule has 2 heterocycles. The minimum Gasteiger partial charge on any atom is -0.395 e. The number of hydrogen-bond donors (Lipinski definition) is 1. The van der Waals surface area contributed by atoms with Crippen molar-refractivity contribution in [2.45, 2.75) is 25.8 Å². The Morgan fingerprint density at radius 2 is 2.33 bits per heavy atom. The highest BCUT2D eigenvalue weighted by atomic mass is 32.1. The zero-order chi connectivity index (χ0) is 15.4.